The fraction of sp³-hybridized carbons (Fsp3) is 0.385. The molecule has 2 nitrogen and oxygen atoms in total. The Hall–Kier alpha value is -0.990. The summed E-state index contributed by atoms with van der Waals surface area (Å²) < 4.78 is 5.71. The van der Waals surface area contributed by atoms with Crippen molar-refractivity contribution in [2.45, 2.75) is 32.8 Å². The van der Waals surface area contributed by atoms with Crippen molar-refractivity contribution in [3.05, 3.63) is 34.5 Å². The van der Waals surface area contributed by atoms with Crippen molar-refractivity contribution >= 4 is 22.6 Å². The van der Waals surface area contributed by atoms with E-state index in [2.05, 4.69) is 0 Å². The monoisotopic (exact) mass is 238 g/mol. The Morgan fingerprint density at radius 3 is 2.88 bits per heavy atom. The van der Waals surface area contributed by atoms with Crippen molar-refractivity contribution < 1.29 is 9.52 Å². The van der Waals surface area contributed by atoms with Crippen LogP contribution in [-0.4, -0.2) is 11.2 Å². The highest BCUT2D eigenvalue weighted by molar-refractivity contribution is 6.31. The fourth-order valence-corrected chi connectivity index (χ4v) is 1.97. The lowest BCUT2D eigenvalue weighted by atomic mass is 10.1. The number of halogens is 1. The molecule has 2 aromatic rings. The highest BCUT2D eigenvalue weighted by atomic mass is 35.5. The summed E-state index contributed by atoms with van der Waals surface area (Å²) in [6.07, 6.45) is 0.959. The molecule has 0 saturated carbocycles. The number of hydrogen-bond acceptors (Lipinski definition) is 2. The molecule has 2 rings (SSSR count). The minimum Gasteiger partial charge on any atom is -0.461 e. The van der Waals surface area contributed by atoms with E-state index < -0.39 is 0 Å². The van der Waals surface area contributed by atoms with Crippen molar-refractivity contribution in [3.63, 3.8) is 0 Å². The summed E-state index contributed by atoms with van der Waals surface area (Å²) in [5.41, 5.74) is 1.91. The van der Waals surface area contributed by atoms with Gasteiger partial charge in [-0.25, -0.2) is 0 Å². The topological polar surface area (TPSA) is 33.4 Å². The smallest absolute Gasteiger partial charge is 0.134 e. The molecule has 1 atom stereocenters. The largest absolute Gasteiger partial charge is 0.461 e. The highest BCUT2D eigenvalue weighted by Crippen LogP contribution is 2.28. The third-order valence-corrected chi connectivity index (χ3v) is 3.12. The molecule has 1 heterocycles. The third-order valence-electron chi connectivity index (χ3n) is 2.89. The van der Waals surface area contributed by atoms with Gasteiger partial charge in [0.2, 0.25) is 0 Å². The molecule has 16 heavy (non-hydrogen) atoms. The van der Waals surface area contributed by atoms with Crippen LogP contribution in [0.5, 0.6) is 0 Å². The van der Waals surface area contributed by atoms with Crippen molar-refractivity contribution in [2.24, 2.45) is 0 Å². The second-order valence-electron chi connectivity index (χ2n) is 4.06. The lowest BCUT2D eigenvalue weighted by molar-refractivity contribution is 0.164. The minimum absolute atomic E-state index is 0.338. The van der Waals surface area contributed by atoms with Gasteiger partial charge in [0, 0.05) is 16.8 Å². The first kappa shape index (κ1) is 11.5. The van der Waals surface area contributed by atoms with Crippen LogP contribution in [0, 0.1) is 6.92 Å². The fourth-order valence-electron chi connectivity index (χ4n) is 1.80. The molecule has 1 unspecified atom stereocenters. The van der Waals surface area contributed by atoms with Crippen molar-refractivity contribution in [1.29, 1.82) is 0 Å². The molecule has 86 valence electrons. The predicted octanol–water partition coefficient (Wildman–Crippen LogP) is 3.71. The lowest BCUT2D eigenvalue weighted by Gasteiger charge is -2.04. The molecule has 1 N–H and O–H groups in total. The average Bonchev–Trinajstić information content (AvgIpc) is 2.56. The summed E-state index contributed by atoms with van der Waals surface area (Å²) >= 11 is 5.94. The van der Waals surface area contributed by atoms with Gasteiger partial charge in [0.15, 0.2) is 0 Å². The van der Waals surface area contributed by atoms with Gasteiger partial charge >= 0.3 is 0 Å². The first-order valence-electron chi connectivity index (χ1n) is 5.47. The van der Waals surface area contributed by atoms with Gasteiger partial charge in [-0.1, -0.05) is 18.5 Å². The first-order valence-corrected chi connectivity index (χ1v) is 5.85. The van der Waals surface area contributed by atoms with E-state index >= 15 is 0 Å². The molecular formula is C13H15ClO2. The van der Waals surface area contributed by atoms with E-state index in [1.807, 2.05) is 32.0 Å². The Morgan fingerprint density at radius 2 is 2.19 bits per heavy atom. The molecule has 0 amide bonds. The molecule has 0 aliphatic rings. The Bertz CT molecular complexity index is 502. The van der Waals surface area contributed by atoms with E-state index in [1.165, 1.54) is 0 Å². The van der Waals surface area contributed by atoms with Gasteiger partial charge < -0.3 is 9.52 Å². The minimum atomic E-state index is -0.338. The van der Waals surface area contributed by atoms with Crippen LogP contribution < -0.4 is 0 Å². The predicted molar refractivity (Wildman–Crippen MR) is 66.0 cm³/mol. The highest BCUT2D eigenvalue weighted by Gasteiger charge is 2.13. The number of furan rings is 1. The van der Waals surface area contributed by atoms with Crippen LogP contribution in [0.1, 0.15) is 24.7 Å². The van der Waals surface area contributed by atoms with E-state index in [0.29, 0.717) is 11.4 Å². The maximum atomic E-state index is 9.63. The Balaban J connectivity index is 2.44. The molecule has 1 aromatic carbocycles. The Morgan fingerprint density at radius 1 is 1.44 bits per heavy atom. The van der Waals surface area contributed by atoms with Gasteiger partial charge in [-0.15, -0.1) is 0 Å². The van der Waals surface area contributed by atoms with E-state index in [-0.39, 0.29) is 6.10 Å². The van der Waals surface area contributed by atoms with Gasteiger partial charge in [0.25, 0.3) is 0 Å². The Labute approximate surface area is 99.8 Å². The van der Waals surface area contributed by atoms with Crippen molar-refractivity contribution in [1.82, 2.24) is 0 Å². The molecule has 0 aliphatic heterocycles. The zero-order valence-corrected chi connectivity index (χ0v) is 10.2. The van der Waals surface area contributed by atoms with Crippen LogP contribution in [0.3, 0.4) is 0 Å². The number of aliphatic hydroxyl groups is 1. The summed E-state index contributed by atoms with van der Waals surface area (Å²) in [5, 5.41) is 11.4. The second-order valence-corrected chi connectivity index (χ2v) is 4.49. The second kappa shape index (κ2) is 4.48. The van der Waals surface area contributed by atoms with Crippen molar-refractivity contribution in [3.8, 4) is 0 Å². The van der Waals surface area contributed by atoms with Gasteiger partial charge in [0.05, 0.1) is 6.10 Å². The number of aliphatic hydroxyl groups excluding tert-OH is 1. The molecule has 0 aliphatic carbocycles. The van der Waals surface area contributed by atoms with Crippen LogP contribution in [0.2, 0.25) is 5.02 Å². The molecule has 0 spiro atoms. The lowest BCUT2D eigenvalue weighted by Crippen LogP contribution is -2.08. The van der Waals surface area contributed by atoms with Crippen LogP contribution >= 0.6 is 11.6 Å². The van der Waals surface area contributed by atoms with E-state index in [4.69, 9.17) is 16.0 Å². The molecule has 0 saturated heterocycles. The van der Waals surface area contributed by atoms with Crippen molar-refractivity contribution in [2.75, 3.05) is 0 Å². The average molecular weight is 239 g/mol. The summed E-state index contributed by atoms with van der Waals surface area (Å²) in [4.78, 5) is 0. The summed E-state index contributed by atoms with van der Waals surface area (Å²) in [5.74, 6) is 0.853. The third kappa shape index (κ3) is 2.08. The van der Waals surface area contributed by atoms with Gasteiger partial charge in [-0.3, -0.25) is 0 Å². The zero-order valence-electron chi connectivity index (χ0n) is 9.46. The summed E-state index contributed by atoms with van der Waals surface area (Å²) in [7, 11) is 0. The number of fused-ring (bicyclic) bond motifs is 1. The molecule has 0 radical (unpaired) electrons. The van der Waals surface area contributed by atoms with Crippen LogP contribution in [0.25, 0.3) is 11.0 Å². The number of benzene rings is 1. The number of hydrogen-bond donors (Lipinski definition) is 1. The quantitative estimate of drug-likeness (QED) is 0.885. The molecule has 0 fully saturated rings. The summed E-state index contributed by atoms with van der Waals surface area (Å²) in [6.45, 7) is 3.96. The van der Waals surface area contributed by atoms with E-state index in [9.17, 15) is 5.11 Å². The number of aryl methyl sites for hydroxylation is 1. The molecule has 1 aromatic heterocycles. The molecule has 3 heteroatoms. The Kier molecular flexibility index (Phi) is 3.22. The van der Waals surface area contributed by atoms with E-state index in [1.54, 1.807) is 0 Å². The normalized spacial score (nSPS) is 13.2. The molecular weight excluding hydrogens is 224 g/mol. The zero-order chi connectivity index (χ0) is 11.7. The van der Waals surface area contributed by atoms with Crippen LogP contribution in [-0.2, 0) is 6.42 Å². The van der Waals surface area contributed by atoms with Crippen LogP contribution in [0.4, 0.5) is 0 Å². The maximum absolute atomic E-state index is 9.63. The van der Waals surface area contributed by atoms with Gasteiger partial charge in [0.1, 0.15) is 11.3 Å². The van der Waals surface area contributed by atoms with E-state index in [0.717, 1.165) is 28.7 Å². The van der Waals surface area contributed by atoms with Crippen LogP contribution in [0.15, 0.2) is 22.6 Å². The van der Waals surface area contributed by atoms with Gasteiger partial charge in [-0.05, 0) is 37.1 Å². The summed E-state index contributed by atoms with van der Waals surface area (Å²) in [6, 6.07) is 5.58. The van der Waals surface area contributed by atoms with Gasteiger partial charge in [-0.2, -0.15) is 0 Å². The standard InChI is InChI=1S/C13H15ClO2/c1-3-10(15)7-13-8(2)11-6-9(14)4-5-12(11)16-13/h4-6,10,15H,3,7H2,1-2H3. The maximum Gasteiger partial charge on any atom is 0.134 e. The first-order chi connectivity index (χ1) is 7.61. The number of rotatable bonds is 3. The molecule has 0 bridgehead atoms. The SMILES string of the molecule is CCC(O)Cc1oc2ccc(Cl)cc2c1C.